The molecule has 0 saturated carbocycles. The first kappa shape index (κ1) is 20.1. The fraction of sp³-hybridized carbons (Fsp3) is 0.619. The lowest BCUT2D eigenvalue weighted by Gasteiger charge is -2.24. The number of amides is 1. The topological polar surface area (TPSA) is 56.7 Å². The van der Waals surface area contributed by atoms with E-state index in [1.807, 2.05) is 4.90 Å². The monoisotopic (exact) mass is 388 g/mol. The molecule has 2 heterocycles. The van der Waals surface area contributed by atoms with Crippen LogP contribution in [0.4, 0.5) is 0 Å². The number of rotatable bonds is 7. The number of carbonyl (C=O) groups excluding carboxylic acids is 1. The molecule has 1 unspecified atom stereocenters. The van der Waals surface area contributed by atoms with Crippen molar-refractivity contribution >= 4 is 23.6 Å². The number of hydrogen-bond donors (Lipinski definition) is 2. The number of likely N-dealkylation sites (tertiary alicyclic amines) is 1. The fourth-order valence-electron chi connectivity index (χ4n) is 3.68. The Hall–Kier alpha value is -1.69. The molecule has 2 aliphatic heterocycles. The van der Waals surface area contributed by atoms with E-state index >= 15 is 0 Å². The lowest BCUT2D eigenvalue weighted by Crippen LogP contribution is -2.43. The molecule has 2 saturated heterocycles. The van der Waals surface area contributed by atoms with E-state index in [0.29, 0.717) is 24.3 Å². The summed E-state index contributed by atoms with van der Waals surface area (Å²) in [6.45, 7) is 8.46. The van der Waals surface area contributed by atoms with Crippen LogP contribution in [0.25, 0.3) is 0 Å². The van der Waals surface area contributed by atoms with E-state index in [0.717, 1.165) is 32.0 Å². The van der Waals surface area contributed by atoms with Crippen molar-refractivity contribution in [3.63, 3.8) is 0 Å². The van der Waals surface area contributed by atoms with Gasteiger partial charge in [0.2, 0.25) is 5.91 Å². The Labute approximate surface area is 167 Å². The molecule has 0 bridgehead atoms. The van der Waals surface area contributed by atoms with Crippen LogP contribution in [0.3, 0.4) is 0 Å². The Morgan fingerprint density at radius 3 is 2.85 bits per heavy atom. The minimum Gasteiger partial charge on any atom is -0.357 e. The number of thioether (sulfide) groups is 1. The number of nitrogens with one attached hydrogen (secondary N) is 2. The molecule has 0 aromatic heterocycles. The first-order chi connectivity index (χ1) is 13.1. The highest BCUT2D eigenvalue weighted by molar-refractivity contribution is 8.00. The fourth-order valence-corrected chi connectivity index (χ4v) is 4.92. The number of guanidine groups is 1. The van der Waals surface area contributed by atoms with Gasteiger partial charge in [-0.2, -0.15) is 11.8 Å². The van der Waals surface area contributed by atoms with Crippen LogP contribution in [-0.2, 0) is 17.9 Å². The molecule has 2 aliphatic rings. The number of hydrogen-bond acceptors (Lipinski definition) is 3. The van der Waals surface area contributed by atoms with Gasteiger partial charge in [-0.15, -0.1) is 0 Å². The van der Waals surface area contributed by atoms with Gasteiger partial charge in [0.1, 0.15) is 0 Å². The standard InChI is InChI=1S/C21H32N4OS/c1-3-22-20(24-16-21(2)10-6-12-27-21)23-14-17-7-4-8-18(13-17)15-25-11-5-9-19(25)26/h4,7-8,13H,3,5-6,9-12,14-16H2,1-2H3,(H2,22,23,24). The predicted octanol–water partition coefficient (Wildman–Crippen LogP) is 3.15. The summed E-state index contributed by atoms with van der Waals surface area (Å²) in [5.74, 6) is 2.42. The van der Waals surface area contributed by atoms with E-state index in [-0.39, 0.29) is 5.91 Å². The van der Waals surface area contributed by atoms with Gasteiger partial charge in [0.05, 0.1) is 6.54 Å². The second-order valence-electron chi connectivity index (χ2n) is 7.69. The molecule has 0 spiro atoms. The molecular weight excluding hydrogens is 356 g/mol. The molecule has 3 rings (SSSR count). The normalized spacial score (nSPS) is 23.1. The van der Waals surface area contributed by atoms with Crippen LogP contribution in [0.2, 0.25) is 0 Å². The summed E-state index contributed by atoms with van der Waals surface area (Å²) in [7, 11) is 0. The van der Waals surface area contributed by atoms with Gasteiger partial charge in [0.15, 0.2) is 5.96 Å². The summed E-state index contributed by atoms with van der Waals surface area (Å²) in [5, 5.41) is 6.87. The van der Waals surface area contributed by atoms with E-state index in [1.165, 1.54) is 29.7 Å². The number of carbonyl (C=O) groups is 1. The van der Waals surface area contributed by atoms with Gasteiger partial charge in [0.25, 0.3) is 0 Å². The smallest absolute Gasteiger partial charge is 0.222 e. The van der Waals surface area contributed by atoms with E-state index in [1.54, 1.807) is 0 Å². The Balaban J connectivity index is 1.58. The zero-order valence-corrected chi connectivity index (χ0v) is 17.4. The number of benzene rings is 1. The highest BCUT2D eigenvalue weighted by Gasteiger charge is 2.29. The van der Waals surface area contributed by atoms with E-state index < -0.39 is 0 Å². The second kappa shape index (κ2) is 9.49. The molecule has 1 aromatic rings. The second-order valence-corrected chi connectivity index (χ2v) is 9.37. The number of aliphatic imine (C=N–C) groups is 1. The van der Waals surface area contributed by atoms with Crippen LogP contribution >= 0.6 is 11.8 Å². The summed E-state index contributed by atoms with van der Waals surface area (Å²) in [6.07, 6.45) is 4.25. The summed E-state index contributed by atoms with van der Waals surface area (Å²) >= 11 is 2.06. The van der Waals surface area contributed by atoms with Crippen molar-refractivity contribution in [2.45, 2.75) is 57.4 Å². The molecule has 6 heteroatoms. The van der Waals surface area contributed by atoms with Crippen LogP contribution in [0.1, 0.15) is 50.7 Å². The van der Waals surface area contributed by atoms with E-state index in [4.69, 9.17) is 4.99 Å². The Bertz CT molecular complexity index is 670. The number of nitrogens with zero attached hydrogens (tertiary/aromatic N) is 2. The molecule has 0 aliphatic carbocycles. The van der Waals surface area contributed by atoms with Crippen molar-refractivity contribution in [1.82, 2.24) is 15.5 Å². The average Bonchev–Trinajstić information content (AvgIpc) is 3.27. The largest absolute Gasteiger partial charge is 0.357 e. The summed E-state index contributed by atoms with van der Waals surface area (Å²) in [5.41, 5.74) is 2.36. The van der Waals surface area contributed by atoms with Crippen LogP contribution in [-0.4, -0.2) is 46.9 Å². The Morgan fingerprint density at radius 2 is 2.15 bits per heavy atom. The predicted molar refractivity (Wildman–Crippen MR) is 114 cm³/mol. The molecule has 27 heavy (non-hydrogen) atoms. The van der Waals surface area contributed by atoms with Gasteiger partial charge in [0, 0.05) is 37.3 Å². The van der Waals surface area contributed by atoms with Crippen LogP contribution < -0.4 is 10.6 Å². The minimum atomic E-state index is 0.273. The van der Waals surface area contributed by atoms with Crippen molar-refractivity contribution < 1.29 is 4.79 Å². The highest BCUT2D eigenvalue weighted by atomic mass is 32.2. The zero-order chi connectivity index (χ0) is 19.1. The van der Waals surface area contributed by atoms with E-state index in [2.05, 4.69) is 60.5 Å². The SMILES string of the molecule is CCNC(=NCc1cccc(CN2CCCC2=O)c1)NCC1(C)CCCS1. The molecule has 2 fully saturated rings. The summed E-state index contributed by atoms with van der Waals surface area (Å²) in [4.78, 5) is 18.6. The molecule has 0 radical (unpaired) electrons. The van der Waals surface area contributed by atoms with Crippen LogP contribution in [0, 0.1) is 0 Å². The maximum Gasteiger partial charge on any atom is 0.222 e. The highest BCUT2D eigenvalue weighted by Crippen LogP contribution is 2.36. The third kappa shape index (κ3) is 5.89. The molecule has 148 valence electrons. The lowest BCUT2D eigenvalue weighted by atomic mass is 10.1. The lowest BCUT2D eigenvalue weighted by molar-refractivity contribution is -0.128. The van der Waals surface area contributed by atoms with Gasteiger partial charge < -0.3 is 15.5 Å². The third-order valence-electron chi connectivity index (χ3n) is 5.23. The molecule has 1 amide bonds. The van der Waals surface area contributed by atoms with Crippen LogP contribution in [0.5, 0.6) is 0 Å². The first-order valence-corrected chi connectivity index (χ1v) is 11.1. The molecule has 1 aromatic carbocycles. The quantitative estimate of drug-likeness (QED) is 0.556. The van der Waals surface area contributed by atoms with Crippen molar-refractivity contribution in [1.29, 1.82) is 0 Å². The third-order valence-corrected chi connectivity index (χ3v) is 6.77. The first-order valence-electron chi connectivity index (χ1n) is 10.1. The zero-order valence-electron chi connectivity index (χ0n) is 16.6. The Kier molecular flexibility index (Phi) is 7.05. The maximum atomic E-state index is 11.8. The average molecular weight is 389 g/mol. The van der Waals surface area contributed by atoms with Gasteiger partial charge in [-0.1, -0.05) is 24.3 Å². The van der Waals surface area contributed by atoms with Gasteiger partial charge >= 0.3 is 0 Å². The van der Waals surface area contributed by atoms with Crippen molar-refractivity contribution in [2.75, 3.05) is 25.4 Å². The summed E-state index contributed by atoms with van der Waals surface area (Å²) in [6, 6.07) is 8.45. The van der Waals surface area contributed by atoms with Gasteiger partial charge in [-0.05, 0) is 50.0 Å². The summed E-state index contributed by atoms with van der Waals surface area (Å²) < 4.78 is 0.318. The maximum absolute atomic E-state index is 11.8. The molecule has 1 atom stereocenters. The Morgan fingerprint density at radius 1 is 1.30 bits per heavy atom. The molecule has 2 N–H and O–H groups in total. The van der Waals surface area contributed by atoms with Crippen molar-refractivity contribution in [3.05, 3.63) is 35.4 Å². The van der Waals surface area contributed by atoms with E-state index in [9.17, 15) is 4.79 Å². The van der Waals surface area contributed by atoms with Crippen molar-refractivity contribution in [3.8, 4) is 0 Å². The van der Waals surface area contributed by atoms with Crippen molar-refractivity contribution in [2.24, 2.45) is 4.99 Å². The molecule has 5 nitrogen and oxygen atoms in total. The minimum absolute atomic E-state index is 0.273. The van der Waals surface area contributed by atoms with Gasteiger partial charge in [-0.25, -0.2) is 4.99 Å². The molecular formula is C21H32N4OS. The van der Waals surface area contributed by atoms with Crippen LogP contribution in [0.15, 0.2) is 29.3 Å². The van der Waals surface area contributed by atoms with Gasteiger partial charge in [-0.3, -0.25) is 4.79 Å².